The number of carbonyl (C=O) groups excluding carboxylic acids is 5. The smallest absolute Gasteiger partial charge is 0.238 e. The molecule has 76 heavy (non-hydrogen) atoms. The summed E-state index contributed by atoms with van der Waals surface area (Å²) in [5, 5.41) is 3.54. The van der Waals surface area contributed by atoms with Gasteiger partial charge in [-0.15, -0.1) is 0 Å². The molecular formula is C62H88N8O6. The molecule has 14 heteroatoms. The number of ketones is 3. The van der Waals surface area contributed by atoms with Gasteiger partial charge in [0.2, 0.25) is 11.8 Å². The van der Waals surface area contributed by atoms with E-state index >= 15 is 0 Å². The van der Waals surface area contributed by atoms with E-state index in [0.29, 0.717) is 55.5 Å². The maximum atomic E-state index is 12.7. The second-order valence-corrected chi connectivity index (χ2v) is 22.0. The highest BCUT2D eigenvalue weighted by Crippen LogP contribution is 2.46. The van der Waals surface area contributed by atoms with Crippen molar-refractivity contribution in [2.45, 2.75) is 158 Å². The van der Waals surface area contributed by atoms with Crippen LogP contribution in [0.2, 0.25) is 0 Å². The second kappa shape index (κ2) is 27.8. The number of hydrogen-bond donors (Lipinski definition) is 1. The summed E-state index contributed by atoms with van der Waals surface area (Å²) in [7, 11) is 0. The van der Waals surface area contributed by atoms with Crippen molar-refractivity contribution in [3.8, 4) is 5.88 Å². The summed E-state index contributed by atoms with van der Waals surface area (Å²) in [5.74, 6) is 2.03. The van der Waals surface area contributed by atoms with Crippen LogP contribution in [0.25, 0.3) is 0 Å². The van der Waals surface area contributed by atoms with E-state index in [1.165, 1.54) is 42.5 Å². The Morgan fingerprint density at radius 1 is 0.776 bits per heavy atom. The molecule has 1 amide bonds. The van der Waals surface area contributed by atoms with Gasteiger partial charge in [-0.05, 0) is 97.7 Å². The van der Waals surface area contributed by atoms with Gasteiger partial charge in [-0.2, -0.15) is 0 Å². The van der Waals surface area contributed by atoms with Gasteiger partial charge in [0.05, 0.1) is 18.4 Å². The number of aromatic nitrogens is 2. The van der Waals surface area contributed by atoms with Gasteiger partial charge < -0.3 is 29.7 Å². The third-order valence-corrected chi connectivity index (χ3v) is 15.6. The third-order valence-electron chi connectivity index (χ3n) is 15.6. The van der Waals surface area contributed by atoms with Crippen molar-refractivity contribution in [1.82, 2.24) is 14.9 Å². The number of hydrogen-bond acceptors (Lipinski definition) is 13. The van der Waals surface area contributed by atoms with Crippen LogP contribution >= 0.6 is 0 Å². The fraction of sp³-hybridized carbons (Fsp3) is 0.565. The van der Waals surface area contributed by atoms with E-state index in [-0.39, 0.29) is 40.5 Å². The number of ether oxygens (including phenoxy) is 1. The first-order valence-corrected chi connectivity index (χ1v) is 28.4. The molecular weight excluding hydrogens is 953 g/mol. The zero-order chi connectivity index (χ0) is 55.1. The largest absolute Gasteiger partial charge is 0.474 e. The van der Waals surface area contributed by atoms with E-state index < -0.39 is 0 Å². The number of pyridine rings is 2. The second-order valence-electron chi connectivity index (χ2n) is 22.0. The molecule has 4 aromatic rings. The Bertz CT molecular complexity index is 2590. The first-order chi connectivity index (χ1) is 36.5. The van der Waals surface area contributed by atoms with Crippen LogP contribution in [0.3, 0.4) is 0 Å². The number of fused-ring (bicyclic) bond motifs is 2. The first kappa shape index (κ1) is 59.1. The van der Waals surface area contributed by atoms with Gasteiger partial charge in [-0.25, -0.2) is 9.97 Å². The Balaban J connectivity index is 0.000000420. The van der Waals surface area contributed by atoms with Gasteiger partial charge >= 0.3 is 0 Å². The standard InChI is InChI=1S/C45H54N8O4.C11H20O2.C4H8.C2H6/c1-6-7-40(56)38-13-12-36(22-33(38)29-54)52-27-37(28-52)50-18-16-49(17-19-50)35-10-8-34(9-11-35)48-41-23-32-26-51(15-14-31(32)24-46-41)39-25-47-44-43(42(39)45(3,4)5)53(30(2)55)20-21-57-44;1-5-8(2)11(13)7-6-9(3)10(4)12;1-2-4-3-1;1-2/h8-13,22-25,29,37H,6-7,14-21,26-28H2,1-5H3,(H,46,48);8-9H,5-7H2,1-4H3;1-4H2;1-2H3. The minimum atomic E-state index is -0.240. The van der Waals surface area contributed by atoms with Crippen LogP contribution in [0.15, 0.2) is 60.9 Å². The number of anilines is 6. The highest BCUT2D eigenvalue weighted by molar-refractivity contribution is 6.03. The molecule has 5 aliphatic rings. The van der Waals surface area contributed by atoms with Crippen LogP contribution < -0.4 is 29.7 Å². The molecule has 4 aliphatic heterocycles. The van der Waals surface area contributed by atoms with Crippen LogP contribution in [0.4, 0.5) is 34.3 Å². The Morgan fingerprint density at radius 3 is 2.04 bits per heavy atom. The minimum absolute atomic E-state index is 0.000607. The van der Waals surface area contributed by atoms with Crippen molar-refractivity contribution in [3.05, 3.63) is 88.7 Å². The number of rotatable bonds is 16. The van der Waals surface area contributed by atoms with Gasteiger partial charge in [-0.3, -0.25) is 28.9 Å². The molecule has 0 spiro atoms. The normalized spacial score (nSPS) is 16.9. The van der Waals surface area contributed by atoms with Gasteiger partial charge in [0, 0.05) is 130 Å². The highest BCUT2D eigenvalue weighted by atomic mass is 16.5. The average molecular weight is 1040 g/mol. The van der Waals surface area contributed by atoms with E-state index in [1.54, 1.807) is 13.8 Å². The van der Waals surface area contributed by atoms with Crippen molar-refractivity contribution in [2.24, 2.45) is 11.8 Å². The molecule has 2 atom stereocenters. The van der Waals surface area contributed by atoms with E-state index in [1.807, 2.05) is 77.0 Å². The summed E-state index contributed by atoms with van der Waals surface area (Å²) in [6.45, 7) is 29.9. The zero-order valence-electron chi connectivity index (χ0n) is 47.8. The monoisotopic (exact) mass is 1040 g/mol. The van der Waals surface area contributed by atoms with Crippen molar-refractivity contribution in [3.63, 3.8) is 0 Å². The predicted molar refractivity (Wildman–Crippen MR) is 309 cm³/mol. The molecule has 2 aromatic heterocycles. The number of benzene rings is 2. The van der Waals surface area contributed by atoms with Gasteiger partial charge in [0.25, 0.3) is 0 Å². The fourth-order valence-corrected chi connectivity index (χ4v) is 10.1. The lowest BCUT2D eigenvalue weighted by molar-refractivity contribution is -0.123. The van der Waals surface area contributed by atoms with Crippen molar-refractivity contribution in [1.29, 1.82) is 0 Å². The van der Waals surface area contributed by atoms with Crippen LogP contribution in [0.1, 0.15) is 171 Å². The van der Waals surface area contributed by atoms with E-state index in [9.17, 15) is 24.0 Å². The quantitative estimate of drug-likeness (QED) is 0.0839. The molecule has 412 valence electrons. The number of piperazine rings is 1. The van der Waals surface area contributed by atoms with Crippen molar-refractivity contribution in [2.75, 3.05) is 83.9 Å². The molecule has 0 radical (unpaired) electrons. The molecule has 1 aliphatic carbocycles. The van der Waals surface area contributed by atoms with Gasteiger partial charge in [0.15, 0.2) is 12.1 Å². The van der Waals surface area contributed by atoms with E-state index in [2.05, 4.69) is 76.0 Å². The summed E-state index contributed by atoms with van der Waals surface area (Å²) < 4.78 is 5.94. The number of amides is 1. The SMILES string of the molecule is C1CCC1.CC.CCC(C)C(=O)CCC(C)C(C)=O.CCCC(=O)c1ccc(N2CC(N3CCN(c4ccc(Nc5cc6c(cn5)CCN(c5cnc7c(c5C(C)(C)C)N(C(C)=O)CCO7)C6)cc4)CC3)C2)cc1C=O. The number of nitrogens with one attached hydrogen (secondary N) is 1. The summed E-state index contributed by atoms with van der Waals surface area (Å²) >= 11 is 0. The number of Topliss-reactive ketones (excluding diaryl/α,β-unsaturated/α-hetero) is 3. The molecule has 6 heterocycles. The molecule has 2 unspecified atom stereocenters. The lowest BCUT2D eigenvalue weighted by atomic mass is 9.83. The number of nitrogens with zero attached hydrogens (tertiary/aromatic N) is 7. The molecule has 3 fully saturated rings. The lowest BCUT2D eigenvalue weighted by Gasteiger charge is -2.49. The van der Waals surface area contributed by atoms with Crippen LogP contribution in [-0.4, -0.2) is 109 Å². The molecule has 2 saturated heterocycles. The first-order valence-electron chi connectivity index (χ1n) is 28.4. The van der Waals surface area contributed by atoms with Crippen LogP contribution in [-0.2, 0) is 32.8 Å². The maximum Gasteiger partial charge on any atom is 0.238 e. The third kappa shape index (κ3) is 15.1. The lowest BCUT2D eigenvalue weighted by Crippen LogP contribution is -2.63. The highest BCUT2D eigenvalue weighted by Gasteiger charge is 2.36. The Morgan fingerprint density at radius 2 is 1.45 bits per heavy atom. The summed E-state index contributed by atoms with van der Waals surface area (Å²) in [6.07, 6.45) is 15.0. The van der Waals surface area contributed by atoms with Crippen molar-refractivity contribution >= 4 is 63.8 Å². The molecule has 2 aromatic carbocycles. The number of carbonyl (C=O) groups is 5. The topological polar surface area (TPSA) is 149 Å². The Hall–Kier alpha value is -6.15. The Kier molecular flexibility index (Phi) is 21.6. The Labute approximate surface area is 454 Å². The minimum Gasteiger partial charge on any atom is -0.474 e. The molecule has 1 saturated carbocycles. The fourth-order valence-electron chi connectivity index (χ4n) is 10.1. The summed E-state index contributed by atoms with van der Waals surface area (Å²) in [6, 6.07) is 17.0. The molecule has 14 nitrogen and oxygen atoms in total. The maximum absolute atomic E-state index is 12.7. The van der Waals surface area contributed by atoms with E-state index in [0.717, 1.165) is 112 Å². The van der Waals surface area contributed by atoms with Crippen LogP contribution in [0, 0.1) is 11.8 Å². The predicted octanol–water partition coefficient (Wildman–Crippen LogP) is 11.8. The summed E-state index contributed by atoms with van der Waals surface area (Å²) in [5.41, 5.74) is 9.40. The van der Waals surface area contributed by atoms with Crippen LogP contribution in [0.5, 0.6) is 5.88 Å². The average Bonchev–Trinajstić information content (AvgIpc) is 3.39. The molecule has 9 rings (SSSR count). The van der Waals surface area contributed by atoms with Gasteiger partial charge in [0.1, 0.15) is 29.7 Å². The molecule has 1 N–H and O–H groups in total. The van der Waals surface area contributed by atoms with Gasteiger partial charge in [-0.1, -0.05) is 88.0 Å². The molecule has 0 bridgehead atoms. The zero-order valence-corrected chi connectivity index (χ0v) is 47.8. The van der Waals surface area contributed by atoms with Crippen molar-refractivity contribution < 1.29 is 28.7 Å². The van der Waals surface area contributed by atoms with E-state index in [4.69, 9.17) is 14.7 Å². The number of aldehydes is 1. The summed E-state index contributed by atoms with van der Waals surface area (Å²) in [4.78, 5) is 80.2.